The fourth-order valence-corrected chi connectivity index (χ4v) is 2.19. The third-order valence-electron chi connectivity index (χ3n) is 2.29. The number of halogens is 1. The van der Waals surface area contributed by atoms with Crippen LogP contribution in [0.4, 0.5) is 10.7 Å². The van der Waals surface area contributed by atoms with Crippen molar-refractivity contribution in [3.05, 3.63) is 35.6 Å². The Labute approximate surface area is 116 Å². The topological polar surface area (TPSA) is 83.6 Å². The maximum absolute atomic E-state index is 9.31. The Morgan fingerprint density at radius 3 is 2.84 bits per heavy atom. The fourth-order valence-electron chi connectivity index (χ4n) is 1.40. The van der Waals surface area contributed by atoms with E-state index in [4.69, 9.17) is 11.6 Å². The molecule has 0 aliphatic rings. The molecule has 0 saturated heterocycles. The van der Waals surface area contributed by atoms with Crippen LogP contribution in [0.15, 0.2) is 40.8 Å². The van der Waals surface area contributed by atoms with Crippen molar-refractivity contribution in [3.63, 3.8) is 0 Å². The van der Waals surface area contributed by atoms with Gasteiger partial charge >= 0.3 is 0 Å². The number of nitrogens with zero attached hydrogens (tertiary/aromatic N) is 5. The van der Waals surface area contributed by atoms with Gasteiger partial charge in [-0.05, 0) is 29.7 Å². The molecule has 3 aromatic rings. The van der Waals surface area contributed by atoms with Gasteiger partial charge in [-0.25, -0.2) is 9.97 Å². The molecule has 0 aliphatic heterocycles. The predicted octanol–water partition coefficient (Wildman–Crippen LogP) is 3.86. The fraction of sp³-hybridized carbons (Fsp3) is 0. The number of phenols is 1. The SMILES string of the molecule is Oc1ccc(/N=N/c2snc3nccnc23)cc1Cl. The minimum absolute atomic E-state index is 0.00900. The van der Waals surface area contributed by atoms with Crippen molar-refractivity contribution in [1.29, 1.82) is 0 Å². The number of phenolic OH excluding ortho intramolecular Hbond substituents is 1. The second-order valence-electron chi connectivity index (χ2n) is 3.55. The summed E-state index contributed by atoms with van der Waals surface area (Å²) < 4.78 is 4.11. The molecule has 0 radical (unpaired) electrons. The van der Waals surface area contributed by atoms with Gasteiger partial charge in [-0.2, -0.15) is 4.37 Å². The Morgan fingerprint density at radius 1 is 1.16 bits per heavy atom. The summed E-state index contributed by atoms with van der Waals surface area (Å²) >= 11 is 6.96. The zero-order valence-electron chi connectivity index (χ0n) is 9.36. The van der Waals surface area contributed by atoms with Crippen molar-refractivity contribution in [2.75, 3.05) is 0 Å². The molecule has 2 heterocycles. The standard InChI is InChI=1S/C11H6ClN5OS/c12-7-5-6(1-2-8(7)18)15-16-11-9-10(17-19-11)14-4-3-13-9/h1-5,18H/b16-15+. The molecule has 2 aromatic heterocycles. The molecule has 0 spiro atoms. The van der Waals surface area contributed by atoms with Crippen LogP contribution in [0.2, 0.25) is 5.02 Å². The van der Waals surface area contributed by atoms with Crippen molar-refractivity contribution >= 4 is 45.0 Å². The third kappa shape index (κ3) is 2.38. The van der Waals surface area contributed by atoms with Gasteiger partial charge in [0.1, 0.15) is 11.3 Å². The van der Waals surface area contributed by atoms with Gasteiger partial charge in [-0.1, -0.05) is 11.6 Å². The number of fused-ring (bicyclic) bond motifs is 1. The second-order valence-corrected chi connectivity index (χ2v) is 4.71. The number of benzene rings is 1. The van der Waals surface area contributed by atoms with E-state index in [1.165, 1.54) is 23.7 Å². The summed E-state index contributed by atoms with van der Waals surface area (Å²) in [5, 5.41) is 18.2. The molecule has 8 heteroatoms. The van der Waals surface area contributed by atoms with E-state index in [2.05, 4.69) is 24.6 Å². The molecule has 0 atom stereocenters. The van der Waals surface area contributed by atoms with Gasteiger partial charge in [0.25, 0.3) is 0 Å². The molecule has 0 bridgehead atoms. The van der Waals surface area contributed by atoms with E-state index in [1.807, 2.05) is 0 Å². The molecular formula is C11H6ClN5OS. The van der Waals surface area contributed by atoms with Crippen molar-refractivity contribution in [2.45, 2.75) is 0 Å². The summed E-state index contributed by atoms with van der Waals surface area (Å²) in [6, 6.07) is 4.59. The van der Waals surface area contributed by atoms with Gasteiger partial charge in [0.15, 0.2) is 10.6 Å². The molecule has 0 fully saturated rings. The zero-order valence-corrected chi connectivity index (χ0v) is 10.9. The van der Waals surface area contributed by atoms with Gasteiger partial charge in [-0.3, -0.25) is 0 Å². The van der Waals surface area contributed by atoms with Crippen LogP contribution < -0.4 is 0 Å². The first-order valence-electron chi connectivity index (χ1n) is 5.21. The first-order chi connectivity index (χ1) is 9.24. The minimum Gasteiger partial charge on any atom is -0.506 e. The van der Waals surface area contributed by atoms with Crippen LogP contribution in [0.3, 0.4) is 0 Å². The van der Waals surface area contributed by atoms with E-state index >= 15 is 0 Å². The number of aromatic nitrogens is 3. The lowest BCUT2D eigenvalue weighted by Gasteiger charge is -1.96. The van der Waals surface area contributed by atoms with Crippen LogP contribution in [0.25, 0.3) is 11.2 Å². The van der Waals surface area contributed by atoms with Crippen LogP contribution in [-0.4, -0.2) is 19.4 Å². The Kier molecular flexibility index (Phi) is 3.06. The molecule has 1 N–H and O–H groups in total. The molecule has 6 nitrogen and oxygen atoms in total. The lowest BCUT2D eigenvalue weighted by molar-refractivity contribution is 0.475. The highest BCUT2D eigenvalue weighted by Crippen LogP contribution is 2.31. The number of aromatic hydroxyl groups is 1. The number of rotatable bonds is 2. The molecule has 3 rings (SSSR count). The number of azo groups is 1. The van der Waals surface area contributed by atoms with Crippen molar-refractivity contribution in [3.8, 4) is 5.75 Å². The van der Waals surface area contributed by atoms with Gasteiger partial charge in [0.2, 0.25) is 0 Å². The Morgan fingerprint density at radius 2 is 2.00 bits per heavy atom. The highest BCUT2D eigenvalue weighted by molar-refractivity contribution is 7.11. The van der Waals surface area contributed by atoms with E-state index in [-0.39, 0.29) is 10.8 Å². The van der Waals surface area contributed by atoms with Crippen LogP contribution >= 0.6 is 23.1 Å². The molecule has 1 aromatic carbocycles. The summed E-state index contributed by atoms with van der Waals surface area (Å²) in [7, 11) is 0. The van der Waals surface area contributed by atoms with E-state index in [9.17, 15) is 5.11 Å². The molecule has 0 unspecified atom stereocenters. The maximum atomic E-state index is 9.31. The van der Waals surface area contributed by atoms with Gasteiger partial charge < -0.3 is 5.11 Å². The van der Waals surface area contributed by atoms with E-state index in [0.29, 0.717) is 21.9 Å². The van der Waals surface area contributed by atoms with E-state index in [0.717, 1.165) is 0 Å². The predicted molar refractivity (Wildman–Crippen MR) is 72.5 cm³/mol. The van der Waals surface area contributed by atoms with E-state index < -0.39 is 0 Å². The largest absolute Gasteiger partial charge is 0.506 e. The van der Waals surface area contributed by atoms with Gasteiger partial charge in [0.05, 0.1) is 10.7 Å². The quantitative estimate of drug-likeness (QED) is 0.727. The molecule has 19 heavy (non-hydrogen) atoms. The van der Waals surface area contributed by atoms with Crippen molar-refractivity contribution < 1.29 is 5.11 Å². The zero-order chi connectivity index (χ0) is 13.2. The highest BCUT2D eigenvalue weighted by atomic mass is 35.5. The first kappa shape index (κ1) is 11.9. The molecule has 0 aliphatic carbocycles. The summed E-state index contributed by atoms with van der Waals surface area (Å²) in [6.07, 6.45) is 3.15. The Bertz CT molecular complexity index is 773. The Balaban J connectivity index is 1.96. The summed E-state index contributed by atoms with van der Waals surface area (Å²) in [5.74, 6) is 0.00900. The minimum atomic E-state index is 0.00900. The molecular weight excluding hydrogens is 286 g/mol. The highest BCUT2D eigenvalue weighted by Gasteiger charge is 2.07. The Hall–Kier alpha value is -2.12. The third-order valence-corrected chi connectivity index (χ3v) is 3.30. The van der Waals surface area contributed by atoms with Crippen LogP contribution in [0.1, 0.15) is 0 Å². The summed E-state index contributed by atoms with van der Waals surface area (Å²) in [6.45, 7) is 0. The molecule has 0 saturated carbocycles. The van der Waals surface area contributed by atoms with E-state index in [1.54, 1.807) is 18.5 Å². The van der Waals surface area contributed by atoms with Crippen LogP contribution in [0, 0.1) is 0 Å². The number of hydrogen-bond acceptors (Lipinski definition) is 7. The average Bonchev–Trinajstić information content (AvgIpc) is 2.83. The normalized spacial score (nSPS) is 11.4. The summed E-state index contributed by atoms with van der Waals surface area (Å²) in [5.41, 5.74) is 1.69. The lowest BCUT2D eigenvalue weighted by atomic mass is 10.3. The summed E-state index contributed by atoms with van der Waals surface area (Å²) in [4.78, 5) is 8.21. The van der Waals surface area contributed by atoms with Gasteiger partial charge in [-0.15, -0.1) is 10.2 Å². The average molecular weight is 292 g/mol. The lowest BCUT2D eigenvalue weighted by Crippen LogP contribution is -1.76. The van der Waals surface area contributed by atoms with Gasteiger partial charge in [0, 0.05) is 12.4 Å². The van der Waals surface area contributed by atoms with Crippen LogP contribution in [0.5, 0.6) is 5.75 Å². The molecule has 0 amide bonds. The monoisotopic (exact) mass is 291 g/mol. The smallest absolute Gasteiger partial charge is 0.193 e. The maximum Gasteiger partial charge on any atom is 0.193 e. The van der Waals surface area contributed by atoms with Crippen molar-refractivity contribution in [2.24, 2.45) is 10.2 Å². The van der Waals surface area contributed by atoms with Crippen molar-refractivity contribution in [1.82, 2.24) is 14.3 Å². The molecule has 94 valence electrons. The second kappa shape index (κ2) is 4.87. The number of hydrogen-bond donors (Lipinski definition) is 1. The van der Waals surface area contributed by atoms with Crippen LogP contribution in [-0.2, 0) is 0 Å². The first-order valence-corrected chi connectivity index (χ1v) is 6.36.